The second kappa shape index (κ2) is 7.01. The van der Waals surface area contributed by atoms with E-state index in [0.717, 1.165) is 29.9 Å². The predicted octanol–water partition coefficient (Wildman–Crippen LogP) is 3.22. The van der Waals surface area contributed by atoms with Gasteiger partial charge in [0.05, 0.1) is 5.69 Å². The summed E-state index contributed by atoms with van der Waals surface area (Å²) in [5, 5.41) is 3.24. The molecule has 0 atom stereocenters. The molecule has 1 aromatic carbocycles. The Morgan fingerprint density at radius 2 is 2.10 bits per heavy atom. The van der Waals surface area contributed by atoms with Crippen LogP contribution in [0.4, 0.5) is 4.39 Å². The second-order valence-corrected chi connectivity index (χ2v) is 4.64. The monoisotopic (exact) mass is 274 g/mol. The molecule has 1 N–H and O–H groups in total. The van der Waals surface area contributed by atoms with Crippen molar-refractivity contribution < 1.29 is 9.13 Å². The fourth-order valence-electron chi connectivity index (χ4n) is 1.80. The van der Waals surface area contributed by atoms with E-state index in [1.807, 2.05) is 25.3 Å². The third-order valence-electron chi connectivity index (χ3n) is 2.99. The lowest BCUT2D eigenvalue weighted by atomic mass is 10.2. The maximum absolute atomic E-state index is 13.1. The van der Waals surface area contributed by atoms with E-state index in [1.165, 1.54) is 12.1 Å². The third-order valence-corrected chi connectivity index (χ3v) is 2.99. The van der Waals surface area contributed by atoms with Gasteiger partial charge in [-0.25, -0.2) is 4.39 Å². The van der Waals surface area contributed by atoms with Crippen LogP contribution in [0.25, 0.3) is 0 Å². The van der Waals surface area contributed by atoms with Crippen LogP contribution in [-0.2, 0) is 13.2 Å². The van der Waals surface area contributed by atoms with Gasteiger partial charge in [-0.3, -0.25) is 4.98 Å². The number of aromatic nitrogens is 1. The highest BCUT2D eigenvalue weighted by Gasteiger charge is 2.03. The number of nitrogens with one attached hydrogen (secondary N) is 1. The van der Waals surface area contributed by atoms with Crippen molar-refractivity contribution >= 4 is 0 Å². The van der Waals surface area contributed by atoms with Gasteiger partial charge in [-0.15, -0.1) is 0 Å². The van der Waals surface area contributed by atoms with Gasteiger partial charge in [-0.05, 0) is 36.7 Å². The standard InChI is InChI=1S/C16H19FN2O/c1-3-18-9-13-5-7-15(19-10-13)11-20-16-8-14(17)6-4-12(16)2/h4-8,10,18H,3,9,11H2,1-2H3. The van der Waals surface area contributed by atoms with Crippen LogP contribution in [0, 0.1) is 12.7 Å². The maximum Gasteiger partial charge on any atom is 0.130 e. The Kier molecular flexibility index (Phi) is 5.07. The first-order valence-corrected chi connectivity index (χ1v) is 6.72. The van der Waals surface area contributed by atoms with E-state index in [0.29, 0.717) is 12.4 Å². The molecule has 2 rings (SSSR count). The summed E-state index contributed by atoms with van der Waals surface area (Å²) in [7, 11) is 0. The highest BCUT2D eigenvalue weighted by molar-refractivity contribution is 5.32. The van der Waals surface area contributed by atoms with Crippen molar-refractivity contribution in [2.75, 3.05) is 6.54 Å². The largest absolute Gasteiger partial charge is 0.487 e. The minimum Gasteiger partial charge on any atom is -0.487 e. The average molecular weight is 274 g/mol. The molecular weight excluding hydrogens is 255 g/mol. The Hall–Kier alpha value is -1.94. The molecule has 0 aliphatic rings. The zero-order chi connectivity index (χ0) is 14.4. The van der Waals surface area contributed by atoms with E-state index in [1.54, 1.807) is 6.07 Å². The molecule has 0 aliphatic heterocycles. The van der Waals surface area contributed by atoms with Crippen molar-refractivity contribution in [2.24, 2.45) is 0 Å². The maximum atomic E-state index is 13.1. The van der Waals surface area contributed by atoms with E-state index in [4.69, 9.17) is 4.74 Å². The first kappa shape index (κ1) is 14.5. The van der Waals surface area contributed by atoms with E-state index in [-0.39, 0.29) is 5.82 Å². The Bertz CT molecular complexity index is 555. The van der Waals surface area contributed by atoms with E-state index < -0.39 is 0 Å². The molecule has 106 valence electrons. The highest BCUT2D eigenvalue weighted by atomic mass is 19.1. The van der Waals surface area contributed by atoms with Crippen LogP contribution in [-0.4, -0.2) is 11.5 Å². The number of halogens is 1. The molecule has 3 nitrogen and oxygen atoms in total. The second-order valence-electron chi connectivity index (χ2n) is 4.64. The molecule has 0 unspecified atom stereocenters. The predicted molar refractivity (Wildman–Crippen MR) is 77.1 cm³/mol. The van der Waals surface area contributed by atoms with E-state index in [2.05, 4.69) is 17.2 Å². The number of ether oxygens (including phenoxy) is 1. The van der Waals surface area contributed by atoms with Gasteiger partial charge < -0.3 is 10.1 Å². The number of hydrogen-bond donors (Lipinski definition) is 1. The lowest BCUT2D eigenvalue weighted by Gasteiger charge is -2.09. The van der Waals surface area contributed by atoms with Gasteiger partial charge in [0.2, 0.25) is 0 Å². The number of nitrogens with zero attached hydrogens (tertiary/aromatic N) is 1. The van der Waals surface area contributed by atoms with Gasteiger partial charge in [0.15, 0.2) is 0 Å². The number of aryl methyl sites for hydroxylation is 1. The summed E-state index contributed by atoms with van der Waals surface area (Å²) in [5.41, 5.74) is 2.88. The highest BCUT2D eigenvalue weighted by Crippen LogP contribution is 2.19. The molecule has 0 spiro atoms. The van der Waals surface area contributed by atoms with Crippen molar-refractivity contribution in [3.05, 3.63) is 59.2 Å². The quantitative estimate of drug-likeness (QED) is 0.878. The molecule has 20 heavy (non-hydrogen) atoms. The zero-order valence-electron chi connectivity index (χ0n) is 11.8. The van der Waals surface area contributed by atoms with E-state index >= 15 is 0 Å². The number of benzene rings is 1. The molecule has 2 aromatic rings. The molecule has 0 aliphatic carbocycles. The van der Waals surface area contributed by atoms with Crippen LogP contribution >= 0.6 is 0 Å². The molecular formula is C16H19FN2O. The van der Waals surface area contributed by atoms with E-state index in [9.17, 15) is 4.39 Å². The van der Waals surface area contributed by atoms with Gasteiger partial charge in [0.25, 0.3) is 0 Å². The van der Waals surface area contributed by atoms with Crippen LogP contribution in [0.15, 0.2) is 36.5 Å². The molecule has 0 bridgehead atoms. The molecule has 0 radical (unpaired) electrons. The molecule has 0 saturated heterocycles. The number of hydrogen-bond acceptors (Lipinski definition) is 3. The van der Waals surface area contributed by atoms with Crippen molar-refractivity contribution in [1.82, 2.24) is 10.3 Å². The fourth-order valence-corrected chi connectivity index (χ4v) is 1.80. The topological polar surface area (TPSA) is 34.1 Å². The van der Waals surface area contributed by atoms with Gasteiger partial charge in [-0.2, -0.15) is 0 Å². The molecule has 0 amide bonds. The molecule has 1 aromatic heterocycles. The lowest BCUT2D eigenvalue weighted by Crippen LogP contribution is -2.12. The summed E-state index contributed by atoms with van der Waals surface area (Å²) >= 11 is 0. The SMILES string of the molecule is CCNCc1ccc(COc2cc(F)ccc2C)nc1. The van der Waals surface area contributed by atoms with Gasteiger partial charge in [-0.1, -0.05) is 19.1 Å². The summed E-state index contributed by atoms with van der Waals surface area (Å²) in [5.74, 6) is 0.267. The fraction of sp³-hybridized carbons (Fsp3) is 0.312. The van der Waals surface area contributed by atoms with Crippen LogP contribution in [0.3, 0.4) is 0 Å². The first-order chi connectivity index (χ1) is 9.69. The van der Waals surface area contributed by atoms with Gasteiger partial charge in [0, 0.05) is 18.8 Å². The molecule has 4 heteroatoms. The van der Waals surface area contributed by atoms with Gasteiger partial charge in [0.1, 0.15) is 18.2 Å². The summed E-state index contributed by atoms with van der Waals surface area (Å²) in [4.78, 5) is 4.34. The Balaban J connectivity index is 1.95. The molecule has 0 fully saturated rings. The Morgan fingerprint density at radius 3 is 2.80 bits per heavy atom. The normalized spacial score (nSPS) is 10.6. The lowest BCUT2D eigenvalue weighted by molar-refractivity contribution is 0.297. The third kappa shape index (κ3) is 4.03. The van der Waals surface area contributed by atoms with Crippen molar-refractivity contribution in [3.63, 3.8) is 0 Å². The number of rotatable bonds is 6. The summed E-state index contributed by atoms with van der Waals surface area (Å²) in [6.45, 7) is 6.04. The van der Waals surface area contributed by atoms with Gasteiger partial charge >= 0.3 is 0 Å². The Morgan fingerprint density at radius 1 is 1.25 bits per heavy atom. The van der Waals surface area contributed by atoms with Crippen LogP contribution in [0.5, 0.6) is 5.75 Å². The average Bonchev–Trinajstić information content (AvgIpc) is 2.47. The van der Waals surface area contributed by atoms with Crippen LogP contribution in [0.2, 0.25) is 0 Å². The van der Waals surface area contributed by atoms with Crippen molar-refractivity contribution in [3.8, 4) is 5.75 Å². The van der Waals surface area contributed by atoms with Crippen molar-refractivity contribution in [2.45, 2.75) is 27.0 Å². The zero-order valence-corrected chi connectivity index (χ0v) is 11.8. The van der Waals surface area contributed by atoms with Crippen molar-refractivity contribution in [1.29, 1.82) is 0 Å². The summed E-state index contributed by atoms with van der Waals surface area (Å²) in [6.07, 6.45) is 1.83. The first-order valence-electron chi connectivity index (χ1n) is 6.72. The summed E-state index contributed by atoms with van der Waals surface area (Å²) in [6, 6.07) is 8.48. The molecule has 1 heterocycles. The number of pyridine rings is 1. The Labute approximate surface area is 118 Å². The molecule has 0 saturated carbocycles. The minimum atomic E-state index is -0.292. The van der Waals surface area contributed by atoms with Crippen LogP contribution in [0.1, 0.15) is 23.7 Å². The smallest absolute Gasteiger partial charge is 0.130 e. The minimum absolute atomic E-state index is 0.292. The summed E-state index contributed by atoms with van der Waals surface area (Å²) < 4.78 is 18.7. The van der Waals surface area contributed by atoms with Crippen LogP contribution < -0.4 is 10.1 Å².